The molecule has 0 unspecified atom stereocenters. The summed E-state index contributed by atoms with van der Waals surface area (Å²) >= 11 is 0. The minimum absolute atomic E-state index is 0.272. The van der Waals surface area contributed by atoms with E-state index >= 15 is 0 Å². The largest absolute Gasteiger partial charge is 0.454 e. The van der Waals surface area contributed by atoms with Gasteiger partial charge in [-0.05, 0) is 27.6 Å². The molecule has 3 aromatic carbocycles. The van der Waals surface area contributed by atoms with E-state index in [2.05, 4.69) is 0 Å². The summed E-state index contributed by atoms with van der Waals surface area (Å²) in [5.41, 5.74) is -0.272. The Bertz CT molecular complexity index is 765. The molecule has 0 amide bonds. The van der Waals surface area contributed by atoms with Crippen LogP contribution in [0.25, 0.3) is 21.5 Å². The van der Waals surface area contributed by atoms with Gasteiger partial charge in [0.1, 0.15) is 0 Å². The summed E-state index contributed by atoms with van der Waals surface area (Å²) in [6.07, 6.45) is -4.88. The molecule has 3 aromatic rings. The summed E-state index contributed by atoms with van der Waals surface area (Å²) in [6, 6.07) is 15.0. The third-order valence-corrected chi connectivity index (χ3v) is 3.26. The summed E-state index contributed by atoms with van der Waals surface area (Å²) in [5, 5.41) is 1.90. The zero-order valence-electron chi connectivity index (χ0n) is 10.2. The summed E-state index contributed by atoms with van der Waals surface area (Å²) in [7, 11) is 0. The van der Waals surface area contributed by atoms with Crippen LogP contribution >= 0.6 is 0 Å². The van der Waals surface area contributed by atoms with Gasteiger partial charge in [-0.2, -0.15) is 13.2 Å². The number of halogens is 3. The molecule has 0 bridgehead atoms. The van der Waals surface area contributed by atoms with Crippen LogP contribution in [0, 0.1) is 0 Å². The Labute approximate surface area is 112 Å². The molecular formula is C16H9F3O. The molecule has 4 heteroatoms. The zero-order chi connectivity index (χ0) is 14.3. The van der Waals surface area contributed by atoms with Crippen LogP contribution in [0.3, 0.4) is 0 Å². The highest BCUT2D eigenvalue weighted by molar-refractivity contribution is 6.20. The lowest BCUT2D eigenvalue weighted by atomic mass is 9.94. The van der Waals surface area contributed by atoms with E-state index in [4.69, 9.17) is 0 Å². The zero-order valence-corrected chi connectivity index (χ0v) is 10.2. The van der Waals surface area contributed by atoms with E-state index in [0.29, 0.717) is 21.5 Å². The highest BCUT2D eigenvalue weighted by atomic mass is 19.4. The molecule has 1 nitrogen and oxygen atoms in total. The molecule has 3 rings (SSSR count). The van der Waals surface area contributed by atoms with Crippen LogP contribution in [-0.4, -0.2) is 12.0 Å². The molecule has 0 atom stereocenters. The maximum Gasteiger partial charge on any atom is 0.454 e. The molecule has 0 heterocycles. The molecule has 0 saturated carbocycles. The average molecular weight is 274 g/mol. The molecule has 0 N–H and O–H groups in total. The SMILES string of the molecule is O=C(c1c2ccccc2cc2ccccc12)C(F)(F)F. The molecule has 0 radical (unpaired) electrons. The number of ketones is 1. The topological polar surface area (TPSA) is 17.1 Å². The molecule has 0 spiro atoms. The molecule has 0 saturated heterocycles. The van der Waals surface area contributed by atoms with Gasteiger partial charge in [0.15, 0.2) is 0 Å². The first-order valence-electron chi connectivity index (χ1n) is 6.00. The van der Waals surface area contributed by atoms with Crippen molar-refractivity contribution in [3.8, 4) is 0 Å². The summed E-state index contributed by atoms with van der Waals surface area (Å²) < 4.78 is 38.5. The molecule has 0 aliphatic rings. The normalized spacial score (nSPS) is 11.9. The van der Waals surface area contributed by atoms with E-state index in [1.807, 2.05) is 0 Å². The van der Waals surface area contributed by atoms with Crippen LogP contribution in [0.2, 0.25) is 0 Å². The van der Waals surface area contributed by atoms with Crippen LogP contribution in [0.15, 0.2) is 54.6 Å². The van der Waals surface area contributed by atoms with Gasteiger partial charge < -0.3 is 0 Å². The number of hydrogen-bond donors (Lipinski definition) is 0. The van der Waals surface area contributed by atoms with Crippen molar-refractivity contribution in [2.75, 3.05) is 0 Å². The fourth-order valence-corrected chi connectivity index (χ4v) is 2.40. The third-order valence-electron chi connectivity index (χ3n) is 3.26. The van der Waals surface area contributed by atoms with Gasteiger partial charge in [-0.25, -0.2) is 0 Å². The Morgan fingerprint density at radius 3 is 1.70 bits per heavy atom. The maximum atomic E-state index is 12.8. The maximum absolute atomic E-state index is 12.8. The number of alkyl halides is 3. The Morgan fingerprint density at radius 1 is 0.800 bits per heavy atom. The lowest BCUT2D eigenvalue weighted by molar-refractivity contribution is -0.0883. The third kappa shape index (κ3) is 1.93. The number of carbonyl (C=O) groups is 1. The number of Topliss-reactive ketones (excluding diaryl/α,β-unsaturated/α-hetero) is 1. The molecule has 0 aliphatic heterocycles. The van der Waals surface area contributed by atoms with Crippen molar-refractivity contribution in [2.24, 2.45) is 0 Å². The molecule has 0 aliphatic carbocycles. The van der Waals surface area contributed by atoms with Crippen LogP contribution in [0.4, 0.5) is 13.2 Å². The summed E-state index contributed by atoms with van der Waals surface area (Å²) in [4.78, 5) is 11.8. The average Bonchev–Trinajstić information content (AvgIpc) is 2.43. The van der Waals surface area contributed by atoms with Crippen molar-refractivity contribution >= 4 is 27.3 Å². The Kier molecular flexibility index (Phi) is 2.74. The van der Waals surface area contributed by atoms with Gasteiger partial charge in [0.05, 0.1) is 0 Å². The second-order valence-corrected chi connectivity index (χ2v) is 4.52. The van der Waals surface area contributed by atoms with Gasteiger partial charge in [-0.1, -0.05) is 48.5 Å². The fourth-order valence-electron chi connectivity index (χ4n) is 2.40. The molecule has 0 aromatic heterocycles. The summed E-state index contributed by atoms with van der Waals surface area (Å²) in [5.74, 6) is -1.80. The first-order chi connectivity index (χ1) is 9.48. The molecule has 0 fully saturated rings. The van der Waals surface area contributed by atoms with Crippen molar-refractivity contribution in [1.82, 2.24) is 0 Å². The van der Waals surface area contributed by atoms with E-state index < -0.39 is 12.0 Å². The van der Waals surface area contributed by atoms with Crippen molar-refractivity contribution in [3.63, 3.8) is 0 Å². The Balaban J connectivity index is 2.49. The van der Waals surface area contributed by atoms with Crippen molar-refractivity contribution < 1.29 is 18.0 Å². The van der Waals surface area contributed by atoms with Crippen molar-refractivity contribution in [1.29, 1.82) is 0 Å². The number of rotatable bonds is 1. The van der Waals surface area contributed by atoms with E-state index in [0.717, 1.165) is 0 Å². The molecule has 100 valence electrons. The predicted molar refractivity (Wildman–Crippen MR) is 71.8 cm³/mol. The fraction of sp³-hybridized carbons (Fsp3) is 0.0625. The quantitative estimate of drug-likeness (QED) is 0.463. The smallest absolute Gasteiger partial charge is 0.284 e. The monoisotopic (exact) mass is 274 g/mol. The van der Waals surface area contributed by atoms with Crippen LogP contribution in [-0.2, 0) is 0 Å². The van der Waals surface area contributed by atoms with Gasteiger partial charge in [-0.15, -0.1) is 0 Å². The van der Waals surface area contributed by atoms with E-state index in [1.54, 1.807) is 54.6 Å². The van der Waals surface area contributed by atoms with E-state index in [1.165, 1.54) is 0 Å². The van der Waals surface area contributed by atoms with Crippen LogP contribution < -0.4 is 0 Å². The lowest BCUT2D eigenvalue weighted by Gasteiger charge is -2.12. The van der Waals surface area contributed by atoms with E-state index in [9.17, 15) is 18.0 Å². The van der Waals surface area contributed by atoms with Gasteiger partial charge in [0.25, 0.3) is 5.78 Å². The van der Waals surface area contributed by atoms with E-state index in [-0.39, 0.29) is 5.56 Å². The van der Waals surface area contributed by atoms with Gasteiger partial charge in [0.2, 0.25) is 0 Å². The number of benzene rings is 3. The molecular weight excluding hydrogens is 265 g/mol. The number of fused-ring (bicyclic) bond motifs is 2. The highest BCUT2D eigenvalue weighted by Gasteiger charge is 2.40. The number of carbonyl (C=O) groups excluding carboxylic acids is 1. The standard InChI is InChI=1S/C16H9F3O/c17-16(18,19)15(20)14-12-7-3-1-5-10(12)9-11-6-2-4-8-13(11)14/h1-9H. The summed E-state index contributed by atoms with van der Waals surface area (Å²) in [6.45, 7) is 0. The minimum atomic E-state index is -4.88. The van der Waals surface area contributed by atoms with Gasteiger partial charge in [-0.3, -0.25) is 4.79 Å². The van der Waals surface area contributed by atoms with Gasteiger partial charge >= 0.3 is 6.18 Å². The Morgan fingerprint density at radius 2 is 1.25 bits per heavy atom. The second-order valence-electron chi connectivity index (χ2n) is 4.52. The highest BCUT2D eigenvalue weighted by Crippen LogP contribution is 2.33. The predicted octanol–water partition coefficient (Wildman–Crippen LogP) is 4.74. The van der Waals surface area contributed by atoms with Gasteiger partial charge in [0, 0.05) is 5.56 Å². The minimum Gasteiger partial charge on any atom is -0.284 e. The lowest BCUT2D eigenvalue weighted by Crippen LogP contribution is -2.23. The number of hydrogen-bond acceptors (Lipinski definition) is 1. The van der Waals surface area contributed by atoms with Crippen molar-refractivity contribution in [2.45, 2.75) is 6.18 Å². The Hall–Kier alpha value is -2.36. The first-order valence-corrected chi connectivity index (χ1v) is 6.00. The van der Waals surface area contributed by atoms with Crippen LogP contribution in [0.1, 0.15) is 10.4 Å². The van der Waals surface area contributed by atoms with Crippen molar-refractivity contribution in [3.05, 3.63) is 60.2 Å². The molecule has 20 heavy (non-hydrogen) atoms. The first kappa shape index (κ1) is 12.7. The van der Waals surface area contributed by atoms with Crippen LogP contribution in [0.5, 0.6) is 0 Å². The second kappa shape index (κ2) is 4.34.